The average Bonchev–Trinajstić information content (AvgIpc) is 3.77. The fraction of sp³-hybridized carbons (Fsp3) is 0.257. The van der Waals surface area contributed by atoms with Gasteiger partial charge in [0.1, 0.15) is 29.9 Å². The first kappa shape index (κ1) is 37.1. The van der Waals surface area contributed by atoms with Crippen molar-refractivity contribution in [2.24, 2.45) is 13.0 Å². The standard InChI is InChI=1S/C35H24F7N9O3S2/c1-50-29-18(4-3-5-20(29)32(48-50)49-56(2,53)54)21-12-24-33(45-26(13-43)55-24)46-28(21)23(10-15-8-16(36)11-17(37)9-15)44-25(52)14-51-31-27(30(47-51)35(40,41)42)19-6-7-22(19)34(31,38)39/h3-9,11-12,19,22-23H,10,14H2,1-2H3,(H,44,52)(H,48,49)/t19-,22+,23?/m0/s1. The SMILES string of the molecule is Cn1nc(NS(C)(=O)=O)c2cccc(-c3cc4sc(C#N)nc4nc3C(Cc3cc(F)cc(F)c3)NC(=O)Cn3nc(C(F)(F)F)c4c3C(F)(F)[C@@H]3C=C[C@H]43)c21. The van der Waals surface area contributed by atoms with Gasteiger partial charge in [-0.25, -0.2) is 27.2 Å². The third kappa shape index (κ3) is 6.31. The van der Waals surface area contributed by atoms with Gasteiger partial charge in [0.05, 0.1) is 34.1 Å². The Morgan fingerprint density at radius 1 is 1.07 bits per heavy atom. The maximum absolute atomic E-state index is 15.5. The highest BCUT2D eigenvalue weighted by atomic mass is 32.2. The molecule has 6 aromatic rings. The van der Waals surface area contributed by atoms with E-state index in [0.717, 1.165) is 35.8 Å². The minimum Gasteiger partial charge on any atom is -0.346 e. The Balaban J connectivity index is 1.28. The van der Waals surface area contributed by atoms with Crippen LogP contribution in [0.1, 0.15) is 45.2 Å². The summed E-state index contributed by atoms with van der Waals surface area (Å²) in [5, 5.41) is 20.3. The number of benzene rings is 2. The fourth-order valence-corrected chi connectivity index (χ4v) is 8.60. The largest absolute Gasteiger partial charge is 0.435 e. The number of halogens is 7. The Hall–Kier alpha value is -5.88. The van der Waals surface area contributed by atoms with E-state index in [0.29, 0.717) is 31.9 Å². The number of anilines is 1. The van der Waals surface area contributed by atoms with Crippen LogP contribution in [-0.2, 0) is 46.9 Å². The van der Waals surface area contributed by atoms with Gasteiger partial charge >= 0.3 is 6.18 Å². The van der Waals surface area contributed by atoms with Gasteiger partial charge in [-0.2, -0.15) is 37.4 Å². The molecule has 4 heterocycles. The molecule has 0 aliphatic heterocycles. The first-order valence-corrected chi connectivity index (χ1v) is 19.2. The van der Waals surface area contributed by atoms with E-state index in [1.54, 1.807) is 24.3 Å². The molecule has 0 fully saturated rings. The summed E-state index contributed by atoms with van der Waals surface area (Å²) in [6, 6.07) is 9.54. The van der Waals surface area contributed by atoms with E-state index in [2.05, 4.69) is 30.2 Å². The Kier molecular flexibility index (Phi) is 8.50. The smallest absolute Gasteiger partial charge is 0.346 e. The van der Waals surface area contributed by atoms with E-state index in [9.17, 15) is 40.4 Å². The molecule has 12 nitrogen and oxygen atoms in total. The summed E-state index contributed by atoms with van der Waals surface area (Å²) in [4.78, 5) is 22.8. The molecule has 21 heteroatoms. The summed E-state index contributed by atoms with van der Waals surface area (Å²) >= 11 is 0.979. The van der Waals surface area contributed by atoms with Crippen LogP contribution in [-0.4, -0.2) is 50.1 Å². The van der Waals surface area contributed by atoms with Crippen molar-refractivity contribution in [2.45, 2.75) is 37.0 Å². The summed E-state index contributed by atoms with van der Waals surface area (Å²) < 4.78 is 131. The lowest BCUT2D eigenvalue weighted by atomic mass is 9.81. The lowest BCUT2D eigenvalue weighted by Crippen LogP contribution is -2.36. The molecule has 2 aromatic carbocycles. The molecule has 288 valence electrons. The van der Waals surface area contributed by atoms with Gasteiger partial charge < -0.3 is 5.32 Å². The third-order valence-electron chi connectivity index (χ3n) is 9.50. The quantitative estimate of drug-likeness (QED) is 0.124. The molecule has 8 rings (SSSR count). The van der Waals surface area contributed by atoms with Crippen molar-refractivity contribution in [3.05, 3.63) is 99.5 Å². The van der Waals surface area contributed by atoms with E-state index in [-0.39, 0.29) is 33.3 Å². The van der Waals surface area contributed by atoms with E-state index in [1.165, 1.54) is 17.8 Å². The van der Waals surface area contributed by atoms with Crippen molar-refractivity contribution in [3.8, 4) is 17.2 Å². The molecule has 0 radical (unpaired) electrons. The number of nitrogens with one attached hydrogen (secondary N) is 2. The normalized spacial score (nSPS) is 17.7. The van der Waals surface area contributed by atoms with Gasteiger partial charge in [-0.1, -0.05) is 24.3 Å². The number of thiazole rings is 1. The number of carbonyl (C=O) groups excluding carboxylic acids is 1. The molecule has 3 atom stereocenters. The molecular formula is C35H24F7N9O3S2. The molecule has 4 aromatic heterocycles. The molecule has 0 saturated carbocycles. The number of hydrogen-bond donors (Lipinski definition) is 2. The van der Waals surface area contributed by atoms with Crippen LogP contribution in [0.4, 0.5) is 36.6 Å². The van der Waals surface area contributed by atoms with E-state index >= 15 is 8.78 Å². The number of aromatic nitrogens is 6. The lowest BCUT2D eigenvalue weighted by Gasteiger charge is -2.27. The Morgan fingerprint density at radius 2 is 1.80 bits per heavy atom. The van der Waals surface area contributed by atoms with Crippen LogP contribution in [0.5, 0.6) is 0 Å². The zero-order valence-electron chi connectivity index (χ0n) is 28.7. The van der Waals surface area contributed by atoms with Crippen molar-refractivity contribution < 1.29 is 43.9 Å². The summed E-state index contributed by atoms with van der Waals surface area (Å²) in [7, 11) is -2.25. The van der Waals surface area contributed by atoms with Crippen LogP contribution in [0.25, 0.3) is 32.4 Å². The van der Waals surface area contributed by atoms with E-state index < -0.39 is 87.5 Å². The molecule has 56 heavy (non-hydrogen) atoms. The van der Waals surface area contributed by atoms with E-state index in [1.807, 2.05) is 6.07 Å². The molecule has 2 aliphatic rings. The van der Waals surface area contributed by atoms with Crippen LogP contribution in [0, 0.1) is 28.9 Å². The molecule has 0 saturated heterocycles. The number of fused-ring (bicyclic) bond motifs is 5. The molecular weight excluding hydrogens is 792 g/mol. The number of allylic oxidation sites excluding steroid dienone is 2. The van der Waals surface area contributed by atoms with Crippen molar-refractivity contribution in [1.82, 2.24) is 34.8 Å². The summed E-state index contributed by atoms with van der Waals surface area (Å²) in [5.74, 6) is -9.61. The fourth-order valence-electron chi connectivity index (χ4n) is 7.35. The van der Waals surface area contributed by atoms with E-state index in [4.69, 9.17) is 0 Å². The second-order valence-electron chi connectivity index (χ2n) is 13.3. The minimum absolute atomic E-state index is 0.00328. The number of nitriles is 1. The number of rotatable bonds is 9. The van der Waals surface area contributed by atoms with Gasteiger partial charge in [-0.15, -0.1) is 11.3 Å². The zero-order chi connectivity index (χ0) is 40.1. The first-order chi connectivity index (χ1) is 26.3. The second kappa shape index (κ2) is 12.8. The van der Waals surface area contributed by atoms with Crippen LogP contribution in [0.15, 0.2) is 54.6 Å². The molecule has 0 spiro atoms. The highest BCUT2D eigenvalue weighted by molar-refractivity contribution is 7.92. The van der Waals surface area contributed by atoms with Crippen LogP contribution < -0.4 is 10.0 Å². The predicted molar refractivity (Wildman–Crippen MR) is 188 cm³/mol. The summed E-state index contributed by atoms with van der Waals surface area (Å²) in [5.41, 5.74) is -2.28. The summed E-state index contributed by atoms with van der Waals surface area (Å²) in [6.07, 6.45) is -2.24. The van der Waals surface area contributed by atoms with Crippen molar-refractivity contribution in [2.75, 3.05) is 11.0 Å². The molecule has 1 amide bonds. The Morgan fingerprint density at radius 3 is 2.45 bits per heavy atom. The monoisotopic (exact) mass is 815 g/mol. The molecule has 2 aliphatic carbocycles. The Labute approximate surface area is 315 Å². The lowest BCUT2D eigenvalue weighted by molar-refractivity contribution is -0.142. The maximum atomic E-state index is 15.5. The van der Waals surface area contributed by atoms with Crippen molar-refractivity contribution >= 4 is 54.3 Å². The number of para-hydroxylation sites is 1. The molecule has 2 N–H and O–H groups in total. The second-order valence-corrected chi connectivity index (χ2v) is 16.1. The zero-order valence-corrected chi connectivity index (χ0v) is 30.3. The number of amides is 1. The van der Waals surface area contributed by atoms with Gasteiger partial charge in [0, 0.05) is 41.1 Å². The summed E-state index contributed by atoms with van der Waals surface area (Å²) in [6.45, 7) is -1.11. The molecule has 0 bridgehead atoms. The number of aryl methyl sites for hydroxylation is 1. The van der Waals surface area contributed by atoms with Gasteiger partial charge in [-0.05, 0) is 36.2 Å². The average molecular weight is 816 g/mol. The predicted octanol–water partition coefficient (Wildman–Crippen LogP) is 6.46. The van der Waals surface area contributed by atoms with Gasteiger partial charge in [0.2, 0.25) is 15.9 Å². The number of alkyl halides is 5. The van der Waals surface area contributed by atoms with Crippen LogP contribution in [0.2, 0.25) is 0 Å². The maximum Gasteiger partial charge on any atom is 0.435 e. The van der Waals surface area contributed by atoms with Gasteiger partial charge in [0.15, 0.2) is 22.2 Å². The van der Waals surface area contributed by atoms with Crippen LogP contribution >= 0.6 is 11.3 Å². The van der Waals surface area contributed by atoms with Gasteiger partial charge in [-0.3, -0.25) is 18.9 Å². The van der Waals surface area contributed by atoms with Crippen LogP contribution in [0.3, 0.4) is 0 Å². The highest BCUT2D eigenvalue weighted by Gasteiger charge is 2.61. The number of hydrogen-bond acceptors (Lipinski definition) is 9. The third-order valence-corrected chi connectivity index (χ3v) is 11.0. The highest BCUT2D eigenvalue weighted by Crippen LogP contribution is 2.60. The van der Waals surface area contributed by atoms with Gasteiger partial charge in [0.25, 0.3) is 5.92 Å². The Bertz CT molecular complexity index is 2800. The number of carbonyl (C=O) groups is 1. The minimum atomic E-state index is -5.11. The number of sulfonamides is 1. The number of nitrogens with zero attached hydrogens (tertiary/aromatic N) is 7. The first-order valence-electron chi connectivity index (χ1n) is 16.5. The van der Waals surface area contributed by atoms with Crippen molar-refractivity contribution in [3.63, 3.8) is 0 Å². The van der Waals surface area contributed by atoms with Crippen molar-refractivity contribution in [1.29, 1.82) is 5.26 Å². The molecule has 1 unspecified atom stereocenters. The topological polar surface area (TPSA) is 160 Å². The number of pyridine rings is 1.